The highest BCUT2D eigenvalue weighted by Crippen LogP contribution is 2.53. The summed E-state index contributed by atoms with van der Waals surface area (Å²) in [5, 5.41) is 0. The van der Waals surface area contributed by atoms with Crippen LogP contribution in [-0.4, -0.2) is 0 Å². The Labute approximate surface area is 98.1 Å². The van der Waals surface area contributed by atoms with E-state index in [0.29, 0.717) is 0 Å². The molecule has 0 heterocycles. The average molecular weight is 212 g/mol. The van der Waals surface area contributed by atoms with E-state index in [0.717, 1.165) is 17.8 Å². The van der Waals surface area contributed by atoms with Crippen LogP contribution in [0.3, 0.4) is 0 Å². The van der Waals surface area contributed by atoms with Gasteiger partial charge in [0.05, 0.1) is 0 Å². The molecule has 1 fully saturated rings. The molecule has 84 valence electrons. The molecule has 1 unspecified atom stereocenters. The fourth-order valence-electron chi connectivity index (χ4n) is 4.72. The molecule has 16 heavy (non-hydrogen) atoms. The van der Waals surface area contributed by atoms with Crippen molar-refractivity contribution in [3.63, 3.8) is 0 Å². The summed E-state index contributed by atoms with van der Waals surface area (Å²) in [4.78, 5) is 0. The highest BCUT2D eigenvalue weighted by molar-refractivity contribution is 5.43. The Morgan fingerprint density at radius 2 is 1.44 bits per heavy atom. The van der Waals surface area contributed by atoms with Crippen LogP contribution in [0.25, 0.3) is 0 Å². The molecule has 3 atom stereocenters. The van der Waals surface area contributed by atoms with Crippen molar-refractivity contribution in [2.24, 2.45) is 11.8 Å². The Bertz CT molecular complexity index is 384. The van der Waals surface area contributed by atoms with E-state index < -0.39 is 0 Å². The van der Waals surface area contributed by atoms with Crippen molar-refractivity contribution >= 4 is 0 Å². The molecular formula is C16H20. The van der Waals surface area contributed by atoms with Crippen molar-refractivity contribution in [3.8, 4) is 0 Å². The predicted molar refractivity (Wildman–Crippen MR) is 66.7 cm³/mol. The Hall–Kier alpha value is -0.780. The van der Waals surface area contributed by atoms with Gasteiger partial charge >= 0.3 is 0 Å². The second kappa shape index (κ2) is 3.35. The standard InChI is InChI=1S/C16H20/c1-3-11-7-9-13-5-2-6-14-10-8-12(4-1)15(11)16(13)14/h1,3-4,13-14,16H,2,5-10H2/t13-,14+,16?. The van der Waals surface area contributed by atoms with Gasteiger partial charge in [-0.05, 0) is 73.0 Å². The van der Waals surface area contributed by atoms with Gasteiger partial charge in [-0.3, -0.25) is 0 Å². The first-order valence-electron chi connectivity index (χ1n) is 7.04. The van der Waals surface area contributed by atoms with Crippen LogP contribution in [0.5, 0.6) is 0 Å². The van der Waals surface area contributed by atoms with Gasteiger partial charge in [-0.15, -0.1) is 0 Å². The molecule has 3 aliphatic rings. The minimum absolute atomic E-state index is 0.961. The van der Waals surface area contributed by atoms with E-state index in [1.807, 2.05) is 5.56 Å². The highest BCUT2D eigenvalue weighted by atomic mass is 14.4. The van der Waals surface area contributed by atoms with Gasteiger partial charge in [0, 0.05) is 0 Å². The van der Waals surface area contributed by atoms with Gasteiger partial charge < -0.3 is 0 Å². The predicted octanol–water partition coefficient (Wildman–Crippen LogP) is 4.08. The molecule has 0 aliphatic heterocycles. The van der Waals surface area contributed by atoms with Crippen molar-refractivity contribution in [2.45, 2.75) is 50.9 Å². The summed E-state index contributed by atoms with van der Waals surface area (Å²) in [6.07, 6.45) is 10.2. The van der Waals surface area contributed by atoms with Crippen molar-refractivity contribution in [1.82, 2.24) is 0 Å². The second-order valence-electron chi connectivity index (χ2n) is 6.04. The summed E-state index contributed by atoms with van der Waals surface area (Å²) in [5.41, 5.74) is 5.21. The Balaban J connectivity index is 1.90. The summed E-state index contributed by atoms with van der Waals surface area (Å²) in [6.45, 7) is 0. The molecule has 1 saturated carbocycles. The lowest BCUT2D eigenvalue weighted by Crippen LogP contribution is -2.34. The zero-order valence-electron chi connectivity index (χ0n) is 9.91. The summed E-state index contributed by atoms with van der Waals surface area (Å²) in [7, 11) is 0. The fraction of sp³-hybridized carbons (Fsp3) is 0.625. The van der Waals surface area contributed by atoms with Crippen LogP contribution < -0.4 is 0 Å². The minimum atomic E-state index is 0.961. The van der Waals surface area contributed by atoms with Gasteiger partial charge in [0.1, 0.15) is 0 Å². The van der Waals surface area contributed by atoms with Crippen LogP contribution in [0.15, 0.2) is 18.2 Å². The second-order valence-corrected chi connectivity index (χ2v) is 6.04. The van der Waals surface area contributed by atoms with Crippen LogP contribution >= 0.6 is 0 Å². The zero-order chi connectivity index (χ0) is 10.5. The maximum Gasteiger partial charge on any atom is -0.00996 e. The third kappa shape index (κ3) is 1.16. The zero-order valence-corrected chi connectivity index (χ0v) is 9.91. The summed E-state index contributed by atoms with van der Waals surface area (Å²) >= 11 is 0. The van der Waals surface area contributed by atoms with E-state index >= 15 is 0 Å². The third-order valence-electron chi connectivity index (χ3n) is 5.35. The molecule has 0 amide bonds. The van der Waals surface area contributed by atoms with Gasteiger partial charge in [0.15, 0.2) is 0 Å². The molecule has 1 aromatic carbocycles. The van der Waals surface area contributed by atoms with E-state index in [9.17, 15) is 0 Å². The van der Waals surface area contributed by atoms with Crippen molar-refractivity contribution < 1.29 is 0 Å². The average Bonchev–Trinajstić information content (AvgIpc) is 2.36. The largest absolute Gasteiger partial charge is 0.0617 e. The Morgan fingerprint density at radius 1 is 0.812 bits per heavy atom. The lowest BCUT2D eigenvalue weighted by atomic mass is 9.58. The lowest BCUT2D eigenvalue weighted by molar-refractivity contribution is 0.176. The van der Waals surface area contributed by atoms with E-state index in [2.05, 4.69) is 18.2 Å². The van der Waals surface area contributed by atoms with Crippen molar-refractivity contribution in [3.05, 3.63) is 34.9 Å². The summed E-state index contributed by atoms with van der Waals surface area (Å²) < 4.78 is 0. The van der Waals surface area contributed by atoms with Gasteiger partial charge in [-0.25, -0.2) is 0 Å². The number of rotatable bonds is 0. The van der Waals surface area contributed by atoms with E-state index in [-0.39, 0.29) is 0 Å². The molecule has 3 aliphatic carbocycles. The van der Waals surface area contributed by atoms with Gasteiger partial charge in [0.2, 0.25) is 0 Å². The molecule has 0 aromatic heterocycles. The topological polar surface area (TPSA) is 0 Å². The molecule has 0 spiro atoms. The molecular weight excluding hydrogens is 192 g/mol. The van der Waals surface area contributed by atoms with Crippen molar-refractivity contribution in [1.29, 1.82) is 0 Å². The summed E-state index contributed by atoms with van der Waals surface area (Å²) in [5.74, 6) is 3.03. The van der Waals surface area contributed by atoms with E-state index in [4.69, 9.17) is 0 Å². The van der Waals surface area contributed by atoms with Crippen LogP contribution in [0.4, 0.5) is 0 Å². The number of aryl methyl sites for hydroxylation is 2. The smallest absolute Gasteiger partial charge is 0.00996 e. The Morgan fingerprint density at radius 3 is 2.06 bits per heavy atom. The molecule has 0 nitrogen and oxygen atoms in total. The van der Waals surface area contributed by atoms with Gasteiger partial charge in [-0.1, -0.05) is 24.6 Å². The molecule has 0 N–H and O–H groups in total. The molecule has 0 bridgehead atoms. The lowest BCUT2D eigenvalue weighted by Gasteiger charge is -2.46. The number of benzene rings is 1. The van der Waals surface area contributed by atoms with Crippen molar-refractivity contribution in [2.75, 3.05) is 0 Å². The van der Waals surface area contributed by atoms with E-state index in [1.54, 1.807) is 11.1 Å². The van der Waals surface area contributed by atoms with Gasteiger partial charge in [0.25, 0.3) is 0 Å². The Kier molecular flexibility index (Phi) is 1.94. The van der Waals surface area contributed by atoms with Crippen LogP contribution in [0.2, 0.25) is 0 Å². The molecule has 4 rings (SSSR count). The maximum atomic E-state index is 2.39. The maximum absolute atomic E-state index is 2.39. The first-order chi connectivity index (χ1) is 7.93. The van der Waals surface area contributed by atoms with Crippen LogP contribution in [-0.2, 0) is 12.8 Å². The molecule has 1 aromatic rings. The number of hydrogen-bond donors (Lipinski definition) is 0. The molecule has 0 heteroatoms. The summed E-state index contributed by atoms with van der Waals surface area (Å²) in [6, 6.07) is 7.08. The fourth-order valence-corrected chi connectivity index (χ4v) is 4.72. The highest BCUT2D eigenvalue weighted by Gasteiger charge is 2.40. The van der Waals surface area contributed by atoms with E-state index in [1.165, 1.54) is 44.9 Å². The van der Waals surface area contributed by atoms with Gasteiger partial charge in [-0.2, -0.15) is 0 Å². The first kappa shape index (κ1) is 9.27. The third-order valence-corrected chi connectivity index (χ3v) is 5.35. The molecule has 0 saturated heterocycles. The monoisotopic (exact) mass is 212 g/mol. The molecule has 0 radical (unpaired) electrons. The number of hydrogen-bond acceptors (Lipinski definition) is 0. The minimum Gasteiger partial charge on any atom is -0.0617 e. The normalized spacial score (nSPS) is 35.6. The quantitative estimate of drug-likeness (QED) is 0.608. The SMILES string of the molecule is c1cc2c3c(c1)CC[C@@H]1CCC[C@H](CC2)C31. The first-order valence-corrected chi connectivity index (χ1v) is 7.04. The van der Waals surface area contributed by atoms with Crippen LogP contribution in [0, 0.1) is 11.8 Å². The van der Waals surface area contributed by atoms with Crippen LogP contribution in [0.1, 0.15) is 54.7 Å².